The molecule has 8 nitrogen and oxygen atoms in total. The first kappa shape index (κ1) is 18.9. The van der Waals surface area contributed by atoms with Crippen LogP contribution in [-0.4, -0.2) is 64.1 Å². The van der Waals surface area contributed by atoms with Gasteiger partial charge in [-0.05, 0) is 23.8 Å². The number of fused-ring (bicyclic) bond motifs is 1. The molecule has 4 rings (SSSR count). The van der Waals surface area contributed by atoms with Gasteiger partial charge in [0.15, 0.2) is 5.82 Å². The summed E-state index contributed by atoms with van der Waals surface area (Å²) in [5.41, 5.74) is 2.04. The van der Waals surface area contributed by atoms with E-state index in [4.69, 9.17) is 0 Å². The summed E-state index contributed by atoms with van der Waals surface area (Å²) in [6, 6.07) is 11.1. The zero-order valence-corrected chi connectivity index (χ0v) is 16.3. The lowest BCUT2D eigenvalue weighted by Gasteiger charge is -2.36. The highest BCUT2D eigenvalue weighted by Crippen LogP contribution is 2.20. The maximum Gasteiger partial charge on any atom is 0.245 e. The average Bonchev–Trinajstić information content (AvgIpc) is 3.16. The lowest BCUT2D eigenvalue weighted by molar-refractivity contribution is -0.136. The molecule has 1 fully saturated rings. The van der Waals surface area contributed by atoms with Crippen molar-refractivity contribution in [1.29, 1.82) is 0 Å². The number of hydrogen-bond donors (Lipinski definition) is 2. The predicted molar refractivity (Wildman–Crippen MR) is 110 cm³/mol. The van der Waals surface area contributed by atoms with Crippen LogP contribution in [0.15, 0.2) is 48.8 Å². The molecule has 1 atom stereocenters. The minimum absolute atomic E-state index is 0.0516. The highest BCUT2D eigenvalue weighted by Gasteiger charge is 2.29. The number of aromatic amines is 1. The van der Waals surface area contributed by atoms with E-state index in [1.54, 1.807) is 6.20 Å². The summed E-state index contributed by atoms with van der Waals surface area (Å²) < 4.78 is 0. The van der Waals surface area contributed by atoms with Crippen LogP contribution in [0.3, 0.4) is 0 Å². The van der Waals surface area contributed by atoms with Crippen LogP contribution >= 0.6 is 0 Å². The lowest BCUT2D eigenvalue weighted by Crippen LogP contribution is -2.55. The number of rotatable bonds is 5. The average molecular weight is 392 g/mol. The third kappa shape index (κ3) is 4.21. The smallest absolute Gasteiger partial charge is 0.245 e. The second-order valence-corrected chi connectivity index (χ2v) is 7.21. The maximum atomic E-state index is 13.2. The van der Waals surface area contributed by atoms with Gasteiger partial charge in [0.05, 0.1) is 0 Å². The zero-order chi connectivity index (χ0) is 20.2. The summed E-state index contributed by atoms with van der Waals surface area (Å²) >= 11 is 0. The Hall–Kier alpha value is -3.42. The van der Waals surface area contributed by atoms with E-state index in [2.05, 4.69) is 25.4 Å². The van der Waals surface area contributed by atoms with Crippen molar-refractivity contribution < 1.29 is 9.59 Å². The molecule has 1 aliphatic heterocycles. The van der Waals surface area contributed by atoms with E-state index in [-0.39, 0.29) is 11.8 Å². The molecule has 2 N–H and O–H groups in total. The van der Waals surface area contributed by atoms with Gasteiger partial charge in [-0.3, -0.25) is 9.59 Å². The number of carbonyl (C=O) groups excluding carboxylic acids is 2. The van der Waals surface area contributed by atoms with Crippen LogP contribution in [0.4, 0.5) is 5.82 Å². The Morgan fingerprint density at radius 1 is 1.14 bits per heavy atom. The molecule has 0 unspecified atom stereocenters. The number of hydrogen-bond acceptors (Lipinski definition) is 5. The molecule has 3 heterocycles. The van der Waals surface area contributed by atoms with Gasteiger partial charge in [-0.25, -0.2) is 0 Å². The Balaban J connectivity index is 1.46. The van der Waals surface area contributed by atoms with Gasteiger partial charge in [0.1, 0.15) is 6.04 Å². The fourth-order valence-corrected chi connectivity index (χ4v) is 3.80. The van der Waals surface area contributed by atoms with Crippen molar-refractivity contribution in [3.63, 3.8) is 0 Å². The van der Waals surface area contributed by atoms with E-state index in [1.165, 1.54) is 6.92 Å². The lowest BCUT2D eigenvalue weighted by atomic mass is 10.0. The van der Waals surface area contributed by atoms with E-state index in [0.717, 1.165) is 22.3 Å². The van der Waals surface area contributed by atoms with Crippen LogP contribution < -0.4 is 10.2 Å². The standard InChI is InChI=1S/C21H24N6O2/c1-15(28)24-19(13-16-14-22-18-6-3-2-5-17(16)18)21(29)27-11-9-26(10-12-27)20-7-4-8-23-25-20/h2-8,14,19,22H,9-13H2,1H3,(H,24,28)/t19-/m0/s1. The molecule has 0 saturated carbocycles. The van der Waals surface area contributed by atoms with Gasteiger partial charge in [-0.15, -0.1) is 5.10 Å². The van der Waals surface area contributed by atoms with Crippen molar-refractivity contribution in [1.82, 2.24) is 25.4 Å². The number of H-pyrrole nitrogens is 1. The second-order valence-electron chi connectivity index (χ2n) is 7.21. The summed E-state index contributed by atoms with van der Waals surface area (Å²) in [5, 5.41) is 12.0. The summed E-state index contributed by atoms with van der Waals surface area (Å²) in [4.78, 5) is 32.1. The molecule has 2 aromatic heterocycles. The SMILES string of the molecule is CC(=O)N[C@@H](Cc1c[nH]c2ccccc12)C(=O)N1CCN(c2cccnn2)CC1. The van der Waals surface area contributed by atoms with Crippen LogP contribution in [-0.2, 0) is 16.0 Å². The largest absolute Gasteiger partial charge is 0.361 e. The summed E-state index contributed by atoms with van der Waals surface area (Å²) in [5.74, 6) is 0.558. The van der Waals surface area contributed by atoms with E-state index in [1.807, 2.05) is 47.5 Å². The summed E-state index contributed by atoms with van der Waals surface area (Å²) in [6.07, 6.45) is 4.01. The van der Waals surface area contributed by atoms with Crippen molar-refractivity contribution in [3.05, 3.63) is 54.4 Å². The third-order valence-electron chi connectivity index (χ3n) is 5.25. The number of nitrogens with zero attached hydrogens (tertiary/aromatic N) is 4. The minimum Gasteiger partial charge on any atom is -0.361 e. The van der Waals surface area contributed by atoms with Crippen molar-refractivity contribution in [2.24, 2.45) is 0 Å². The first-order valence-electron chi connectivity index (χ1n) is 9.75. The molecule has 150 valence electrons. The van der Waals surface area contributed by atoms with Crippen molar-refractivity contribution >= 4 is 28.5 Å². The van der Waals surface area contributed by atoms with Gasteiger partial charge in [0, 0.05) is 62.8 Å². The van der Waals surface area contributed by atoms with Gasteiger partial charge in [-0.2, -0.15) is 5.10 Å². The highest BCUT2D eigenvalue weighted by molar-refractivity contribution is 5.89. The van der Waals surface area contributed by atoms with E-state index >= 15 is 0 Å². The van der Waals surface area contributed by atoms with E-state index in [0.29, 0.717) is 32.6 Å². The number of carbonyl (C=O) groups is 2. The molecular weight excluding hydrogens is 368 g/mol. The Labute approximate surface area is 168 Å². The van der Waals surface area contributed by atoms with Gasteiger partial charge < -0.3 is 20.1 Å². The Morgan fingerprint density at radius 3 is 2.66 bits per heavy atom. The number of aromatic nitrogens is 3. The molecule has 0 radical (unpaired) electrons. The number of benzene rings is 1. The fourth-order valence-electron chi connectivity index (χ4n) is 3.80. The highest BCUT2D eigenvalue weighted by atomic mass is 16.2. The van der Waals surface area contributed by atoms with E-state index in [9.17, 15) is 9.59 Å². The van der Waals surface area contributed by atoms with Crippen molar-refractivity contribution in [2.75, 3.05) is 31.1 Å². The van der Waals surface area contributed by atoms with Crippen LogP contribution in [0.25, 0.3) is 10.9 Å². The van der Waals surface area contributed by atoms with Gasteiger partial charge in [0.25, 0.3) is 0 Å². The molecule has 1 aliphatic rings. The quantitative estimate of drug-likeness (QED) is 0.684. The van der Waals surface area contributed by atoms with Crippen LogP contribution in [0.1, 0.15) is 12.5 Å². The number of nitrogens with one attached hydrogen (secondary N) is 2. The number of amides is 2. The molecule has 3 aromatic rings. The Morgan fingerprint density at radius 2 is 1.93 bits per heavy atom. The fraction of sp³-hybridized carbons (Fsp3) is 0.333. The molecule has 0 aliphatic carbocycles. The third-order valence-corrected chi connectivity index (χ3v) is 5.25. The number of piperazine rings is 1. The molecule has 8 heteroatoms. The van der Waals surface area contributed by atoms with Crippen molar-refractivity contribution in [2.45, 2.75) is 19.4 Å². The normalized spacial score (nSPS) is 15.3. The minimum atomic E-state index is -0.588. The monoisotopic (exact) mass is 392 g/mol. The molecular formula is C21H24N6O2. The molecule has 0 bridgehead atoms. The zero-order valence-electron chi connectivity index (χ0n) is 16.3. The summed E-state index contributed by atoms with van der Waals surface area (Å²) in [7, 11) is 0. The molecule has 2 amide bonds. The summed E-state index contributed by atoms with van der Waals surface area (Å²) in [6.45, 7) is 3.98. The van der Waals surface area contributed by atoms with Gasteiger partial charge >= 0.3 is 0 Å². The number of anilines is 1. The predicted octanol–water partition coefficient (Wildman–Crippen LogP) is 1.35. The second kappa shape index (κ2) is 8.30. The van der Waals surface area contributed by atoms with Crippen LogP contribution in [0, 0.1) is 0 Å². The van der Waals surface area contributed by atoms with Gasteiger partial charge in [-0.1, -0.05) is 18.2 Å². The number of para-hydroxylation sites is 1. The Kier molecular flexibility index (Phi) is 5.41. The molecule has 1 saturated heterocycles. The maximum absolute atomic E-state index is 13.2. The first-order chi connectivity index (χ1) is 14.1. The van der Waals surface area contributed by atoms with Crippen LogP contribution in [0.5, 0.6) is 0 Å². The Bertz CT molecular complexity index is 995. The van der Waals surface area contributed by atoms with E-state index < -0.39 is 6.04 Å². The topological polar surface area (TPSA) is 94.2 Å². The van der Waals surface area contributed by atoms with Crippen molar-refractivity contribution in [3.8, 4) is 0 Å². The first-order valence-corrected chi connectivity index (χ1v) is 9.75. The molecule has 1 aromatic carbocycles. The molecule has 29 heavy (non-hydrogen) atoms. The van der Waals surface area contributed by atoms with Crippen LogP contribution in [0.2, 0.25) is 0 Å². The van der Waals surface area contributed by atoms with Gasteiger partial charge in [0.2, 0.25) is 11.8 Å². The molecule has 0 spiro atoms.